The summed E-state index contributed by atoms with van der Waals surface area (Å²) in [5, 5.41) is 0. The summed E-state index contributed by atoms with van der Waals surface area (Å²) in [6, 6.07) is 0. The quantitative estimate of drug-likeness (QED) is 0.589. The van der Waals surface area contributed by atoms with Gasteiger partial charge in [-0.25, -0.2) is 0 Å². The van der Waals surface area contributed by atoms with Crippen molar-refractivity contribution < 1.29 is 0 Å². The molecule has 2 atom stereocenters. The van der Waals surface area contributed by atoms with E-state index in [1.165, 1.54) is 12.8 Å². The summed E-state index contributed by atoms with van der Waals surface area (Å²) in [6.45, 7) is 18.8. The molecule has 0 amide bonds. The van der Waals surface area contributed by atoms with E-state index in [4.69, 9.17) is 0 Å². The summed E-state index contributed by atoms with van der Waals surface area (Å²) in [6.07, 6.45) is 2.73. The van der Waals surface area contributed by atoms with Crippen LogP contribution in [-0.4, -0.2) is 0 Å². The van der Waals surface area contributed by atoms with E-state index in [0.717, 1.165) is 11.8 Å². The predicted octanol–water partition coefficient (Wildman–Crippen LogP) is 5.13. The van der Waals surface area contributed by atoms with Crippen LogP contribution in [0.2, 0.25) is 0 Å². The molecular weight excluding hydrogens is 168 g/mol. The molecule has 0 N–H and O–H groups in total. The highest BCUT2D eigenvalue weighted by molar-refractivity contribution is 4.74. The SMILES string of the molecule is CC(CCC(C)C(C)(C)C)C(C)(C)C. The third-order valence-corrected chi connectivity index (χ3v) is 3.99. The molecule has 86 valence electrons. The number of hydrogen-bond donors (Lipinski definition) is 0. The Kier molecular flexibility index (Phi) is 4.68. The zero-order valence-electron chi connectivity index (χ0n) is 11.6. The van der Waals surface area contributed by atoms with Crippen LogP contribution in [0.1, 0.15) is 68.2 Å². The molecule has 0 aromatic rings. The van der Waals surface area contributed by atoms with Gasteiger partial charge in [-0.2, -0.15) is 0 Å². The molecule has 2 unspecified atom stereocenters. The maximum absolute atomic E-state index is 2.38. The van der Waals surface area contributed by atoms with E-state index >= 15 is 0 Å². The summed E-state index contributed by atoms with van der Waals surface area (Å²) < 4.78 is 0. The molecule has 0 aromatic heterocycles. The molecule has 0 aromatic carbocycles. The molecule has 0 aliphatic heterocycles. The monoisotopic (exact) mass is 198 g/mol. The lowest BCUT2D eigenvalue weighted by Gasteiger charge is -2.32. The second-order valence-electron chi connectivity index (χ2n) is 7.11. The molecule has 0 bridgehead atoms. The van der Waals surface area contributed by atoms with Gasteiger partial charge in [-0.3, -0.25) is 0 Å². The van der Waals surface area contributed by atoms with Crippen LogP contribution in [0.5, 0.6) is 0 Å². The van der Waals surface area contributed by atoms with Crippen LogP contribution < -0.4 is 0 Å². The fraction of sp³-hybridized carbons (Fsp3) is 1.00. The Labute approximate surface area is 91.5 Å². The van der Waals surface area contributed by atoms with Crippen molar-refractivity contribution in [2.24, 2.45) is 22.7 Å². The summed E-state index contributed by atoms with van der Waals surface area (Å²) in [7, 11) is 0. The van der Waals surface area contributed by atoms with Crippen LogP contribution in [0.4, 0.5) is 0 Å². The molecule has 0 aliphatic rings. The molecule has 0 nitrogen and oxygen atoms in total. The van der Waals surface area contributed by atoms with Gasteiger partial charge in [-0.1, -0.05) is 55.4 Å². The van der Waals surface area contributed by atoms with Gasteiger partial charge in [-0.15, -0.1) is 0 Å². The van der Waals surface area contributed by atoms with Gasteiger partial charge in [0.1, 0.15) is 0 Å². The zero-order valence-corrected chi connectivity index (χ0v) is 11.6. The van der Waals surface area contributed by atoms with Crippen LogP contribution in [0.3, 0.4) is 0 Å². The van der Waals surface area contributed by atoms with Gasteiger partial charge < -0.3 is 0 Å². The average Bonchev–Trinajstić information content (AvgIpc) is 1.95. The number of hydrogen-bond acceptors (Lipinski definition) is 0. The first-order valence-corrected chi connectivity index (χ1v) is 6.05. The van der Waals surface area contributed by atoms with Gasteiger partial charge in [-0.05, 0) is 35.5 Å². The standard InChI is InChI=1S/C14H30/c1-11(13(3,4)5)9-10-12(2)14(6,7)8/h11-12H,9-10H2,1-8H3. The van der Waals surface area contributed by atoms with Crippen molar-refractivity contribution >= 4 is 0 Å². The molecular formula is C14H30. The molecule has 0 heterocycles. The Bertz CT molecular complexity index is 134. The van der Waals surface area contributed by atoms with Crippen LogP contribution >= 0.6 is 0 Å². The van der Waals surface area contributed by atoms with E-state index < -0.39 is 0 Å². The zero-order chi connectivity index (χ0) is 11.6. The van der Waals surface area contributed by atoms with Gasteiger partial charge in [0.05, 0.1) is 0 Å². The summed E-state index contributed by atoms with van der Waals surface area (Å²) in [4.78, 5) is 0. The minimum atomic E-state index is 0.470. The molecule has 0 fully saturated rings. The van der Waals surface area contributed by atoms with Crippen molar-refractivity contribution in [1.82, 2.24) is 0 Å². The highest BCUT2D eigenvalue weighted by Crippen LogP contribution is 2.34. The first kappa shape index (κ1) is 14.0. The number of rotatable bonds is 3. The van der Waals surface area contributed by atoms with E-state index in [9.17, 15) is 0 Å². The second kappa shape index (κ2) is 4.68. The second-order valence-corrected chi connectivity index (χ2v) is 7.11. The first-order chi connectivity index (χ1) is 6.05. The smallest absolute Gasteiger partial charge is 0.0357 e. The van der Waals surface area contributed by atoms with Crippen molar-refractivity contribution in [3.05, 3.63) is 0 Å². The molecule has 0 radical (unpaired) electrons. The average molecular weight is 198 g/mol. The first-order valence-electron chi connectivity index (χ1n) is 6.05. The van der Waals surface area contributed by atoms with Crippen LogP contribution in [0.25, 0.3) is 0 Å². The minimum absolute atomic E-state index is 0.470. The lowest BCUT2D eigenvalue weighted by atomic mass is 9.74. The van der Waals surface area contributed by atoms with Crippen molar-refractivity contribution in [1.29, 1.82) is 0 Å². The molecule has 0 saturated heterocycles. The fourth-order valence-electron chi connectivity index (χ4n) is 1.37. The van der Waals surface area contributed by atoms with Crippen LogP contribution in [0.15, 0.2) is 0 Å². The van der Waals surface area contributed by atoms with Crippen molar-refractivity contribution in [3.8, 4) is 0 Å². The van der Waals surface area contributed by atoms with E-state index in [1.54, 1.807) is 0 Å². The Morgan fingerprint density at radius 3 is 1.00 bits per heavy atom. The Balaban J connectivity index is 3.96. The molecule has 14 heavy (non-hydrogen) atoms. The normalized spacial score (nSPS) is 18.0. The molecule has 0 rings (SSSR count). The van der Waals surface area contributed by atoms with Gasteiger partial charge >= 0.3 is 0 Å². The van der Waals surface area contributed by atoms with E-state index in [-0.39, 0.29) is 0 Å². The maximum Gasteiger partial charge on any atom is -0.0357 e. The van der Waals surface area contributed by atoms with Crippen LogP contribution in [0, 0.1) is 22.7 Å². The minimum Gasteiger partial charge on any atom is -0.0620 e. The summed E-state index contributed by atoms with van der Waals surface area (Å²) in [5.74, 6) is 1.65. The third-order valence-electron chi connectivity index (χ3n) is 3.99. The van der Waals surface area contributed by atoms with Crippen molar-refractivity contribution in [3.63, 3.8) is 0 Å². The van der Waals surface area contributed by atoms with Gasteiger partial charge in [0.25, 0.3) is 0 Å². The Hall–Kier alpha value is 0. The molecule has 0 heteroatoms. The van der Waals surface area contributed by atoms with E-state index in [2.05, 4.69) is 55.4 Å². The molecule has 0 aliphatic carbocycles. The van der Waals surface area contributed by atoms with Crippen molar-refractivity contribution in [2.75, 3.05) is 0 Å². The molecule has 0 spiro atoms. The Morgan fingerprint density at radius 1 is 0.643 bits per heavy atom. The fourth-order valence-corrected chi connectivity index (χ4v) is 1.37. The maximum atomic E-state index is 2.38. The highest BCUT2D eigenvalue weighted by Gasteiger charge is 2.24. The van der Waals surface area contributed by atoms with E-state index in [0.29, 0.717) is 10.8 Å². The third kappa shape index (κ3) is 5.02. The highest BCUT2D eigenvalue weighted by atomic mass is 14.3. The lowest BCUT2D eigenvalue weighted by Crippen LogP contribution is -2.22. The topological polar surface area (TPSA) is 0 Å². The van der Waals surface area contributed by atoms with Gasteiger partial charge in [0, 0.05) is 0 Å². The summed E-state index contributed by atoms with van der Waals surface area (Å²) >= 11 is 0. The van der Waals surface area contributed by atoms with E-state index in [1.807, 2.05) is 0 Å². The Morgan fingerprint density at radius 2 is 0.857 bits per heavy atom. The van der Waals surface area contributed by atoms with Crippen LogP contribution in [-0.2, 0) is 0 Å². The largest absolute Gasteiger partial charge is 0.0620 e. The van der Waals surface area contributed by atoms with Gasteiger partial charge in [0.2, 0.25) is 0 Å². The van der Waals surface area contributed by atoms with Crippen molar-refractivity contribution in [2.45, 2.75) is 68.2 Å². The lowest BCUT2D eigenvalue weighted by molar-refractivity contribution is 0.189. The van der Waals surface area contributed by atoms with Gasteiger partial charge in [0.15, 0.2) is 0 Å². The molecule has 0 saturated carbocycles. The summed E-state index contributed by atoms with van der Waals surface area (Å²) in [5.41, 5.74) is 0.940. The predicted molar refractivity (Wildman–Crippen MR) is 66.5 cm³/mol.